The van der Waals surface area contributed by atoms with E-state index in [4.69, 9.17) is 9.47 Å². The van der Waals surface area contributed by atoms with E-state index in [0.717, 1.165) is 38.5 Å². The molecular formula is C14H25NaO7S. The summed E-state index contributed by atoms with van der Waals surface area (Å²) in [6, 6.07) is 0. The molecule has 1 unspecified atom stereocenters. The number of esters is 2. The van der Waals surface area contributed by atoms with E-state index in [-0.39, 0.29) is 42.6 Å². The molecule has 0 spiro atoms. The molecule has 0 aromatic rings. The van der Waals surface area contributed by atoms with Crippen molar-refractivity contribution in [1.82, 2.24) is 0 Å². The average molecular weight is 360 g/mol. The zero-order valence-electron chi connectivity index (χ0n) is 14.2. The zero-order valence-corrected chi connectivity index (χ0v) is 17.0. The standard InChI is InChI=1S/C14H26O7S.Na/c1-3-5-7-8-10-19-14(16)12(22-21-20-17)11-13(15)18-9-6-4-2;/h12,17H,3-11H2,1-2H3;/q;+1/p-1. The Hall–Kier alpha value is 0.170. The van der Waals surface area contributed by atoms with Crippen LogP contribution in [0.5, 0.6) is 0 Å². The molecule has 0 aromatic heterocycles. The molecule has 0 N–H and O–H groups in total. The van der Waals surface area contributed by atoms with Gasteiger partial charge in [-0.15, -0.1) is 0 Å². The van der Waals surface area contributed by atoms with Crippen LogP contribution in [-0.4, -0.2) is 30.4 Å². The quantitative estimate of drug-likeness (QED) is 0.0981. The predicted molar refractivity (Wildman–Crippen MR) is 79.1 cm³/mol. The summed E-state index contributed by atoms with van der Waals surface area (Å²) in [6.07, 6.45) is 5.32. The molecule has 0 saturated carbocycles. The van der Waals surface area contributed by atoms with Crippen LogP contribution >= 0.6 is 12.0 Å². The summed E-state index contributed by atoms with van der Waals surface area (Å²) in [5.41, 5.74) is 0. The monoisotopic (exact) mass is 360 g/mol. The smallest absolute Gasteiger partial charge is 0.691 e. The maximum absolute atomic E-state index is 11.9. The number of hydrogen-bond donors (Lipinski definition) is 0. The molecule has 7 nitrogen and oxygen atoms in total. The first kappa shape index (κ1) is 25.4. The molecule has 1 atom stereocenters. The van der Waals surface area contributed by atoms with Crippen molar-refractivity contribution in [3.8, 4) is 0 Å². The maximum atomic E-state index is 11.9. The van der Waals surface area contributed by atoms with Crippen LogP contribution in [0.25, 0.3) is 0 Å². The summed E-state index contributed by atoms with van der Waals surface area (Å²) in [4.78, 5) is 23.5. The van der Waals surface area contributed by atoms with Crippen LogP contribution in [-0.2, 0) is 28.4 Å². The Kier molecular flexibility index (Phi) is 20.4. The average Bonchev–Trinajstić information content (AvgIpc) is 2.51. The number of carbonyl (C=O) groups excluding carboxylic acids is 2. The summed E-state index contributed by atoms with van der Waals surface area (Å²) in [6.45, 7) is 4.64. The van der Waals surface area contributed by atoms with Crippen molar-refractivity contribution in [2.45, 2.75) is 64.0 Å². The first-order valence-electron chi connectivity index (χ1n) is 7.59. The third-order valence-electron chi connectivity index (χ3n) is 2.80. The molecule has 0 saturated heterocycles. The normalized spacial score (nSPS) is 11.4. The van der Waals surface area contributed by atoms with Crippen molar-refractivity contribution in [3.05, 3.63) is 0 Å². The molecule has 0 bridgehead atoms. The number of rotatable bonds is 14. The van der Waals surface area contributed by atoms with Gasteiger partial charge in [-0.05, 0) is 12.8 Å². The van der Waals surface area contributed by atoms with E-state index in [0.29, 0.717) is 18.6 Å². The summed E-state index contributed by atoms with van der Waals surface area (Å²) in [7, 11) is 0. The Bertz CT molecular complexity index is 305. The third-order valence-corrected chi connectivity index (χ3v) is 3.53. The van der Waals surface area contributed by atoms with E-state index in [1.807, 2.05) is 6.92 Å². The number of unbranched alkanes of at least 4 members (excludes halogenated alkanes) is 4. The molecule has 130 valence electrons. The van der Waals surface area contributed by atoms with Crippen LogP contribution in [0.3, 0.4) is 0 Å². The SMILES string of the molecule is CCCCCCOC(=O)C(CC(=O)OCCCC)SOO[O-].[Na+]. The molecular weight excluding hydrogens is 335 g/mol. The van der Waals surface area contributed by atoms with Crippen LogP contribution in [0.15, 0.2) is 0 Å². The van der Waals surface area contributed by atoms with Gasteiger partial charge in [-0.25, -0.2) is 0 Å². The van der Waals surface area contributed by atoms with Gasteiger partial charge in [0.1, 0.15) is 5.25 Å². The van der Waals surface area contributed by atoms with E-state index < -0.39 is 17.2 Å². The van der Waals surface area contributed by atoms with Crippen LogP contribution in [0.1, 0.15) is 58.8 Å². The molecule has 23 heavy (non-hydrogen) atoms. The Morgan fingerprint density at radius 2 is 1.65 bits per heavy atom. The molecule has 0 radical (unpaired) electrons. The molecule has 0 aliphatic rings. The maximum Gasteiger partial charge on any atom is 1.00 e. The van der Waals surface area contributed by atoms with Gasteiger partial charge >= 0.3 is 41.5 Å². The van der Waals surface area contributed by atoms with Crippen LogP contribution in [0.4, 0.5) is 0 Å². The third kappa shape index (κ3) is 15.4. The van der Waals surface area contributed by atoms with Gasteiger partial charge in [-0.2, -0.15) is 4.33 Å². The van der Waals surface area contributed by atoms with Crippen molar-refractivity contribution in [2.24, 2.45) is 0 Å². The van der Waals surface area contributed by atoms with Gasteiger partial charge in [0.05, 0.1) is 19.6 Å². The summed E-state index contributed by atoms with van der Waals surface area (Å²) < 4.78 is 14.2. The van der Waals surface area contributed by atoms with Crippen molar-refractivity contribution in [3.63, 3.8) is 0 Å². The minimum atomic E-state index is -0.978. The van der Waals surface area contributed by atoms with Gasteiger partial charge in [-0.3, -0.25) is 14.6 Å². The number of carbonyl (C=O) groups is 2. The van der Waals surface area contributed by atoms with E-state index in [1.165, 1.54) is 0 Å². The molecule has 0 aliphatic carbocycles. The second-order valence-electron chi connectivity index (χ2n) is 4.73. The molecule has 0 heterocycles. The number of ether oxygens (including phenoxy) is 2. The van der Waals surface area contributed by atoms with Crippen molar-refractivity contribution < 1.29 is 63.2 Å². The van der Waals surface area contributed by atoms with Crippen molar-refractivity contribution in [2.75, 3.05) is 13.2 Å². The topological polar surface area (TPSA) is 94.1 Å². The molecule has 9 heteroatoms. The van der Waals surface area contributed by atoms with Crippen molar-refractivity contribution >= 4 is 24.0 Å². The van der Waals surface area contributed by atoms with Crippen molar-refractivity contribution in [1.29, 1.82) is 0 Å². The molecule has 0 aromatic carbocycles. The van der Waals surface area contributed by atoms with Gasteiger partial charge in [0.15, 0.2) is 0 Å². The largest absolute Gasteiger partial charge is 1.00 e. The van der Waals surface area contributed by atoms with Gasteiger partial charge in [0.2, 0.25) is 0 Å². The number of hydrogen-bond acceptors (Lipinski definition) is 8. The first-order chi connectivity index (χ1) is 10.7. The molecule has 0 aliphatic heterocycles. The van der Waals surface area contributed by atoms with E-state index in [1.54, 1.807) is 0 Å². The fourth-order valence-electron chi connectivity index (χ4n) is 1.56. The van der Waals surface area contributed by atoms with Crippen LogP contribution < -0.4 is 34.8 Å². The molecule has 0 fully saturated rings. The van der Waals surface area contributed by atoms with Gasteiger partial charge in [0.25, 0.3) is 0 Å². The Balaban J connectivity index is 0. The Morgan fingerprint density at radius 1 is 1.00 bits per heavy atom. The summed E-state index contributed by atoms with van der Waals surface area (Å²) in [5.74, 6) is -1.16. The minimum absolute atomic E-state index is 0. The fraction of sp³-hybridized carbons (Fsp3) is 0.857. The van der Waals surface area contributed by atoms with Gasteiger partial charge < -0.3 is 14.7 Å². The zero-order chi connectivity index (χ0) is 16.6. The van der Waals surface area contributed by atoms with Crippen LogP contribution in [0.2, 0.25) is 0 Å². The van der Waals surface area contributed by atoms with E-state index >= 15 is 0 Å². The van der Waals surface area contributed by atoms with Gasteiger partial charge in [-0.1, -0.05) is 39.5 Å². The second kappa shape index (κ2) is 18.5. The van der Waals surface area contributed by atoms with E-state index in [2.05, 4.69) is 16.3 Å². The second-order valence-corrected chi connectivity index (χ2v) is 5.62. The Morgan fingerprint density at radius 3 is 2.26 bits per heavy atom. The summed E-state index contributed by atoms with van der Waals surface area (Å²) in [5, 5.41) is 12.1. The van der Waals surface area contributed by atoms with E-state index in [9.17, 15) is 14.8 Å². The fourth-order valence-corrected chi connectivity index (χ4v) is 2.03. The van der Waals surface area contributed by atoms with Gasteiger partial charge in [0, 0.05) is 12.0 Å². The predicted octanol–water partition coefficient (Wildman–Crippen LogP) is -0.912. The molecule has 0 amide bonds. The minimum Gasteiger partial charge on any atom is -0.691 e. The molecule has 0 rings (SSSR count). The first-order valence-corrected chi connectivity index (χ1v) is 8.40. The van der Waals surface area contributed by atoms with Crippen LogP contribution in [0, 0.1) is 0 Å². The summed E-state index contributed by atoms with van der Waals surface area (Å²) >= 11 is 0.455. The Labute approximate surface area is 164 Å².